The molecule has 0 radical (unpaired) electrons. The Morgan fingerprint density at radius 1 is 1.37 bits per heavy atom. The van der Waals surface area contributed by atoms with E-state index in [2.05, 4.69) is 9.97 Å². The van der Waals surface area contributed by atoms with Crippen LogP contribution in [0.5, 0.6) is 0 Å². The zero-order valence-corrected chi connectivity index (χ0v) is 10.6. The van der Waals surface area contributed by atoms with Crippen molar-refractivity contribution < 1.29 is 4.79 Å². The van der Waals surface area contributed by atoms with E-state index in [4.69, 9.17) is 0 Å². The van der Waals surface area contributed by atoms with E-state index in [0.717, 1.165) is 18.5 Å². The third-order valence-electron chi connectivity index (χ3n) is 3.24. The number of nitrogens with zero attached hydrogens (tertiary/aromatic N) is 4. The second-order valence-electron chi connectivity index (χ2n) is 4.81. The van der Waals surface area contributed by atoms with Crippen LogP contribution in [-0.4, -0.2) is 31.4 Å². The van der Waals surface area contributed by atoms with E-state index in [0.29, 0.717) is 19.1 Å². The molecule has 2 aromatic rings. The second kappa shape index (κ2) is 5.22. The number of imidazole rings is 1. The number of pyridine rings is 1. The number of carbonyl (C=O) groups is 1. The van der Waals surface area contributed by atoms with Crippen molar-refractivity contribution in [2.75, 3.05) is 0 Å². The third-order valence-corrected chi connectivity index (χ3v) is 3.24. The molecule has 2 aromatic heterocycles. The Morgan fingerprint density at radius 3 is 2.89 bits per heavy atom. The molecule has 1 aliphatic carbocycles. The number of aromatic nitrogens is 3. The molecule has 3 rings (SSSR count). The summed E-state index contributed by atoms with van der Waals surface area (Å²) >= 11 is 0. The van der Waals surface area contributed by atoms with Gasteiger partial charge in [-0.2, -0.15) is 0 Å². The highest BCUT2D eigenvalue weighted by atomic mass is 16.2. The lowest BCUT2D eigenvalue weighted by atomic mass is 10.3. The number of amides is 1. The molecule has 0 unspecified atom stereocenters. The largest absolute Gasteiger partial charge is 0.332 e. The Hall–Kier alpha value is -2.17. The predicted octanol–water partition coefficient (Wildman–Crippen LogP) is 1.47. The van der Waals surface area contributed by atoms with Crippen LogP contribution in [-0.2, 0) is 17.9 Å². The van der Waals surface area contributed by atoms with E-state index < -0.39 is 0 Å². The maximum atomic E-state index is 12.3. The summed E-state index contributed by atoms with van der Waals surface area (Å²) in [5.74, 6) is 0.131. The summed E-state index contributed by atoms with van der Waals surface area (Å²) in [5, 5.41) is 0. The van der Waals surface area contributed by atoms with E-state index in [-0.39, 0.29) is 5.91 Å². The fraction of sp³-hybridized carbons (Fsp3) is 0.357. The first-order valence-corrected chi connectivity index (χ1v) is 6.48. The van der Waals surface area contributed by atoms with Gasteiger partial charge in [-0.05, 0) is 25.0 Å². The number of carbonyl (C=O) groups excluding carboxylic acids is 1. The maximum absolute atomic E-state index is 12.3. The monoisotopic (exact) mass is 256 g/mol. The van der Waals surface area contributed by atoms with Crippen LogP contribution in [0, 0.1) is 0 Å². The van der Waals surface area contributed by atoms with Gasteiger partial charge in [-0.15, -0.1) is 0 Å². The average Bonchev–Trinajstić information content (AvgIpc) is 3.15. The fourth-order valence-electron chi connectivity index (χ4n) is 2.10. The molecule has 0 saturated heterocycles. The van der Waals surface area contributed by atoms with Crippen molar-refractivity contribution in [2.24, 2.45) is 0 Å². The normalized spacial score (nSPS) is 14.3. The van der Waals surface area contributed by atoms with Crippen molar-refractivity contribution in [3.63, 3.8) is 0 Å². The number of hydrogen-bond acceptors (Lipinski definition) is 3. The highest BCUT2D eigenvalue weighted by Gasteiger charge is 2.32. The molecule has 0 atom stereocenters. The van der Waals surface area contributed by atoms with Crippen molar-refractivity contribution in [3.8, 4) is 0 Å². The van der Waals surface area contributed by atoms with Gasteiger partial charge in [0.1, 0.15) is 6.54 Å². The van der Waals surface area contributed by atoms with E-state index >= 15 is 0 Å². The van der Waals surface area contributed by atoms with Gasteiger partial charge in [-0.3, -0.25) is 9.78 Å². The molecular weight excluding hydrogens is 240 g/mol. The maximum Gasteiger partial charge on any atom is 0.243 e. The van der Waals surface area contributed by atoms with Gasteiger partial charge in [0.2, 0.25) is 5.91 Å². The summed E-state index contributed by atoms with van der Waals surface area (Å²) in [6, 6.07) is 6.18. The van der Waals surface area contributed by atoms with E-state index in [1.54, 1.807) is 23.3 Å². The quantitative estimate of drug-likeness (QED) is 0.814. The number of hydrogen-bond donors (Lipinski definition) is 0. The van der Waals surface area contributed by atoms with E-state index in [1.807, 2.05) is 29.3 Å². The summed E-state index contributed by atoms with van der Waals surface area (Å²) in [4.78, 5) is 22.5. The molecule has 1 fully saturated rings. The summed E-state index contributed by atoms with van der Waals surface area (Å²) in [5.41, 5.74) is 0.938. The molecular formula is C14H16N4O. The van der Waals surface area contributed by atoms with Crippen molar-refractivity contribution in [3.05, 3.63) is 48.8 Å². The molecule has 1 aliphatic rings. The molecule has 0 bridgehead atoms. The van der Waals surface area contributed by atoms with Crippen LogP contribution in [0.15, 0.2) is 43.1 Å². The van der Waals surface area contributed by atoms with Gasteiger partial charge in [-0.1, -0.05) is 6.07 Å². The standard InChI is InChI=1S/C14H16N4O/c19-14(10-17-8-7-15-11-17)18(13-4-5-13)9-12-3-1-2-6-16-12/h1-3,6-8,11,13H,4-5,9-10H2. The summed E-state index contributed by atoms with van der Waals surface area (Å²) < 4.78 is 1.80. The molecule has 0 N–H and O–H groups in total. The first-order valence-electron chi connectivity index (χ1n) is 6.48. The van der Waals surface area contributed by atoms with Gasteiger partial charge in [0.15, 0.2) is 0 Å². The zero-order chi connectivity index (χ0) is 13.1. The van der Waals surface area contributed by atoms with E-state index in [1.165, 1.54) is 0 Å². The summed E-state index contributed by atoms with van der Waals surface area (Å²) in [7, 11) is 0. The highest BCUT2D eigenvalue weighted by Crippen LogP contribution is 2.28. The third kappa shape index (κ3) is 2.99. The van der Waals surface area contributed by atoms with Crippen LogP contribution in [0.25, 0.3) is 0 Å². The van der Waals surface area contributed by atoms with Gasteiger partial charge >= 0.3 is 0 Å². The van der Waals surface area contributed by atoms with Gasteiger partial charge in [-0.25, -0.2) is 4.98 Å². The van der Waals surface area contributed by atoms with Gasteiger partial charge < -0.3 is 9.47 Å². The molecule has 1 saturated carbocycles. The van der Waals surface area contributed by atoms with Crippen LogP contribution in [0.2, 0.25) is 0 Å². The fourth-order valence-corrected chi connectivity index (χ4v) is 2.10. The Kier molecular flexibility index (Phi) is 3.27. The van der Waals surface area contributed by atoms with Crippen LogP contribution in [0.4, 0.5) is 0 Å². The smallest absolute Gasteiger partial charge is 0.243 e. The molecule has 0 aromatic carbocycles. The van der Waals surface area contributed by atoms with Crippen LogP contribution in [0.3, 0.4) is 0 Å². The molecule has 5 heteroatoms. The van der Waals surface area contributed by atoms with Crippen LogP contribution in [0.1, 0.15) is 18.5 Å². The SMILES string of the molecule is O=C(Cn1ccnc1)N(Cc1ccccn1)C1CC1. The number of rotatable bonds is 5. The highest BCUT2D eigenvalue weighted by molar-refractivity contribution is 5.76. The predicted molar refractivity (Wildman–Crippen MR) is 70.0 cm³/mol. The van der Waals surface area contributed by atoms with Crippen molar-refractivity contribution in [2.45, 2.75) is 32.0 Å². The van der Waals surface area contributed by atoms with Crippen molar-refractivity contribution >= 4 is 5.91 Å². The molecule has 0 spiro atoms. The molecule has 19 heavy (non-hydrogen) atoms. The van der Waals surface area contributed by atoms with Crippen molar-refractivity contribution in [1.82, 2.24) is 19.4 Å². The van der Waals surface area contributed by atoms with Gasteiger partial charge in [0, 0.05) is 24.6 Å². The van der Waals surface area contributed by atoms with Gasteiger partial charge in [0.25, 0.3) is 0 Å². The molecule has 5 nitrogen and oxygen atoms in total. The van der Waals surface area contributed by atoms with Crippen LogP contribution >= 0.6 is 0 Å². The minimum Gasteiger partial charge on any atom is -0.332 e. The average molecular weight is 256 g/mol. The topological polar surface area (TPSA) is 51.0 Å². The first kappa shape index (κ1) is 11.9. The Balaban J connectivity index is 1.69. The lowest BCUT2D eigenvalue weighted by Gasteiger charge is -2.22. The van der Waals surface area contributed by atoms with Gasteiger partial charge in [0.05, 0.1) is 18.6 Å². The minimum atomic E-state index is 0.131. The minimum absolute atomic E-state index is 0.131. The Labute approximate surface area is 111 Å². The molecule has 98 valence electrons. The second-order valence-corrected chi connectivity index (χ2v) is 4.81. The molecule has 2 heterocycles. The summed E-state index contributed by atoms with van der Waals surface area (Å²) in [6.45, 7) is 0.947. The molecule has 0 aliphatic heterocycles. The molecule has 1 amide bonds. The van der Waals surface area contributed by atoms with E-state index in [9.17, 15) is 4.79 Å². The lowest BCUT2D eigenvalue weighted by Crippen LogP contribution is -2.35. The summed E-state index contributed by atoms with van der Waals surface area (Å²) in [6.07, 6.45) is 9.13. The Morgan fingerprint density at radius 2 is 2.26 bits per heavy atom. The van der Waals surface area contributed by atoms with Crippen LogP contribution < -0.4 is 0 Å². The zero-order valence-electron chi connectivity index (χ0n) is 10.6. The lowest BCUT2D eigenvalue weighted by molar-refractivity contribution is -0.133. The Bertz CT molecular complexity index is 534. The van der Waals surface area contributed by atoms with Crippen molar-refractivity contribution in [1.29, 1.82) is 0 Å². The first-order chi connectivity index (χ1) is 9.33.